The Morgan fingerprint density at radius 2 is 2.29 bits per heavy atom. The topological polar surface area (TPSA) is 63.6 Å². The first-order valence-electron chi connectivity index (χ1n) is 4.01. The highest BCUT2D eigenvalue weighted by Crippen LogP contribution is 2.18. The summed E-state index contributed by atoms with van der Waals surface area (Å²) < 4.78 is 4.92. The van der Waals surface area contributed by atoms with E-state index in [0.717, 1.165) is 0 Å². The SMILES string of the molecule is COc1ccc(CC(=O)O)cc1C=O. The van der Waals surface area contributed by atoms with E-state index in [4.69, 9.17) is 9.84 Å². The Kier molecular flexibility index (Phi) is 3.23. The number of carboxylic acid groups (broad SMARTS) is 1. The van der Waals surface area contributed by atoms with Crippen LogP contribution in [-0.4, -0.2) is 24.5 Å². The number of carboxylic acids is 1. The molecule has 0 radical (unpaired) electrons. The highest BCUT2D eigenvalue weighted by molar-refractivity contribution is 5.80. The second-order valence-corrected chi connectivity index (χ2v) is 2.76. The number of ether oxygens (including phenoxy) is 1. The number of carbonyl (C=O) groups excluding carboxylic acids is 1. The van der Waals surface area contributed by atoms with Crippen LogP contribution < -0.4 is 4.74 Å². The molecule has 0 aromatic heterocycles. The third-order valence-electron chi connectivity index (χ3n) is 1.78. The van der Waals surface area contributed by atoms with Crippen molar-refractivity contribution < 1.29 is 19.4 Å². The fourth-order valence-corrected chi connectivity index (χ4v) is 1.16. The van der Waals surface area contributed by atoms with Crippen molar-refractivity contribution in [1.82, 2.24) is 0 Å². The fourth-order valence-electron chi connectivity index (χ4n) is 1.16. The summed E-state index contributed by atoms with van der Waals surface area (Å²) in [6, 6.07) is 4.72. The lowest BCUT2D eigenvalue weighted by molar-refractivity contribution is -0.136. The van der Waals surface area contributed by atoms with Gasteiger partial charge in [0.25, 0.3) is 0 Å². The first-order valence-corrected chi connectivity index (χ1v) is 4.01. The van der Waals surface area contributed by atoms with E-state index in [0.29, 0.717) is 23.2 Å². The summed E-state index contributed by atoms with van der Waals surface area (Å²) in [5.41, 5.74) is 0.951. The minimum absolute atomic E-state index is 0.0924. The van der Waals surface area contributed by atoms with Crippen LogP contribution in [0.3, 0.4) is 0 Å². The van der Waals surface area contributed by atoms with Gasteiger partial charge < -0.3 is 9.84 Å². The number of methoxy groups -OCH3 is 1. The van der Waals surface area contributed by atoms with Crippen LogP contribution in [0.15, 0.2) is 18.2 Å². The quantitative estimate of drug-likeness (QED) is 0.730. The second kappa shape index (κ2) is 4.41. The molecule has 0 aliphatic carbocycles. The molecule has 74 valence electrons. The van der Waals surface area contributed by atoms with Gasteiger partial charge in [0.2, 0.25) is 0 Å². The zero-order valence-corrected chi connectivity index (χ0v) is 7.69. The maximum Gasteiger partial charge on any atom is 0.307 e. The van der Waals surface area contributed by atoms with Crippen LogP contribution in [0, 0.1) is 0 Å². The second-order valence-electron chi connectivity index (χ2n) is 2.76. The van der Waals surface area contributed by atoms with E-state index in [9.17, 15) is 9.59 Å². The number of hydrogen-bond acceptors (Lipinski definition) is 3. The van der Waals surface area contributed by atoms with Gasteiger partial charge in [-0.15, -0.1) is 0 Å². The molecule has 4 nitrogen and oxygen atoms in total. The van der Waals surface area contributed by atoms with Crippen molar-refractivity contribution in [2.24, 2.45) is 0 Å². The van der Waals surface area contributed by atoms with E-state index in [1.54, 1.807) is 12.1 Å². The van der Waals surface area contributed by atoms with E-state index in [-0.39, 0.29) is 6.42 Å². The van der Waals surface area contributed by atoms with Crippen molar-refractivity contribution in [1.29, 1.82) is 0 Å². The van der Waals surface area contributed by atoms with Crippen molar-refractivity contribution >= 4 is 12.3 Å². The number of carbonyl (C=O) groups is 2. The third kappa shape index (κ3) is 2.32. The molecule has 0 heterocycles. The molecule has 0 aliphatic heterocycles. The first-order chi connectivity index (χ1) is 6.67. The highest BCUT2D eigenvalue weighted by Gasteiger charge is 2.05. The minimum Gasteiger partial charge on any atom is -0.496 e. The van der Waals surface area contributed by atoms with E-state index in [1.807, 2.05) is 0 Å². The summed E-state index contributed by atoms with van der Waals surface area (Å²) in [5, 5.41) is 8.54. The summed E-state index contributed by atoms with van der Waals surface area (Å²) in [5.74, 6) is -0.471. The van der Waals surface area contributed by atoms with Gasteiger partial charge in [0.05, 0.1) is 19.1 Å². The van der Waals surface area contributed by atoms with Gasteiger partial charge in [-0.3, -0.25) is 9.59 Å². The molecule has 1 aromatic rings. The largest absolute Gasteiger partial charge is 0.496 e. The van der Waals surface area contributed by atoms with Gasteiger partial charge in [-0.2, -0.15) is 0 Å². The van der Waals surface area contributed by atoms with Crippen molar-refractivity contribution in [3.8, 4) is 5.75 Å². The van der Waals surface area contributed by atoms with Crippen LogP contribution in [0.25, 0.3) is 0 Å². The van der Waals surface area contributed by atoms with E-state index >= 15 is 0 Å². The molecule has 0 saturated heterocycles. The van der Waals surface area contributed by atoms with E-state index < -0.39 is 5.97 Å². The average molecular weight is 194 g/mol. The number of aldehydes is 1. The maximum absolute atomic E-state index is 10.6. The van der Waals surface area contributed by atoms with Crippen LogP contribution in [0.5, 0.6) is 5.75 Å². The lowest BCUT2D eigenvalue weighted by Gasteiger charge is -2.04. The Morgan fingerprint density at radius 3 is 2.79 bits per heavy atom. The molecule has 0 saturated carbocycles. The molecule has 0 atom stereocenters. The standard InChI is InChI=1S/C10H10O4/c1-14-9-3-2-7(5-10(12)13)4-8(9)6-11/h2-4,6H,5H2,1H3,(H,12,13). The molecule has 1 N–H and O–H groups in total. The summed E-state index contributed by atoms with van der Waals surface area (Å²) in [7, 11) is 1.46. The Morgan fingerprint density at radius 1 is 1.57 bits per heavy atom. The molecule has 14 heavy (non-hydrogen) atoms. The van der Waals surface area contributed by atoms with Crippen molar-refractivity contribution in [2.75, 3.05) is 7.11 Å². The van der Waals surface area contributed by atoms with Gasteiger partial charge >= 0.3 is 5.97 Å². The molecule has 0 fully saturated rings. The van der Waals surface area contributed by atoms with Crippen LogP contribution in [0.4, 0.5) is 0 Å². The molecular formula is C10H10O4. The number of rotatable bonds is 4. The predicted octanol–water partition coefficient (Wildman–Crippen LogP) is 1.13. The lowest BCUT2D eigenvalue weighted by atomic mass is 10.1. The van der Waals surface area contributed by atoms with Gasteiger partial charge in [-0.1, -0.05) is 6.07 Å². The minimum atomic E-state index is -0.924. The summed E-state index contributed by atoms with van der Waals surface area (Å²) >= 11 is 0. The first kappa shape index (κ1) is 10.2. The number of aliphatic carboxylic acids is 1. The van der Waals surface area contributed by atoms with Crippen LogP contribution in [-0.2, 0) is 11.2 Å². The smallest absolute Gasteiger partial charge is 0.307 e. The molecule has 1 aromatic carbocycles. The average Bonchev–Trinajstić information content (AvgIpc) is 2.16. The summed E-state index contributed by atoms with van der Waals surface area (Å²) in [6.07, 6.45) is 0.551. The fraction of sp³-hybridized carbons (Fsp3) is 0.200. The number of benzene rings is 1. The molecule has 0 unspecified atom stereocenters. The highest BCUT2D eigenvalue weighted by atomic mass is 16.5. The number of hydrogen-bond donors (Lipinski definition) is 1. The Hall–Kier alpha value is -1.84. The Balaban J connectivity index is 3.01. The summed E-state index contributed by atoms with van der Waals surface area (Å²) in [6.45, 7) is 0. The van der Waals surface area contributed by atoms with Gasteiger partial charge in [0, 0.05) is 0 Å². The Labute approximate surface area is 81.1 Å². The normalized spacial score (nSPS) is 9.50. The van der Waals surface area contributed by atoms with Crippen molar-refractivity contribution in [3.63, 3.8) is 0 Å². The van der Waals surface area contributed by atoms with Crippen molar-refractivity contribution in [3.05, 3.63) is 29.3 Å². The Bertz CT molecular complexity index is 357. The zero-order chi connectivity index (χ0) is 10.6. The van der Waals surface area contributed by atoms with Gasteiger partial charge in [0.15, 0.2) is 6.29 Å². The van der Waals surface area contributed by atoms with Crippen molar-refractivity contribution in [2.45, 2.75) is 6.42 Å². The van der Waals surface area contributed by atoms with Crippen LogP contribution >= 0.6 is 0 Å². The molecule has 1 rings (SSSR count). The molecule has 0 amide bonds. The molecule has 4 heteroatoms. The third-order valence-corrected chi connectivity index (χ3v) is 1.78. The van der Waals surface area contributed by atoms with Gasteiger partial charge in [-0.25, -0.2) is 0 Å². The molecule has 0 aliphatic rings. The van der Waals surface area contributed by atoms with Gasteiger partial charge in [0.1, 0.15) is 5.75 Å². The van der Waals surface area contributed by atoms with Crippen LogP contribution in [0.2, 0.25) is 0 Å². The maximum atomic E-state index is 10.6. The molecule has 0 bridgehead atoms. The van der Waals surface area contributed by atoms with Gasteiger partial charge in [-0.05, 0) is 17.7 Å². The monoisotopic (exact) mass is 194 g/mol. The van der Waals surface area contributed by atoms with E-state index in [1.165, 1.54) is 13.2 Å². The summed E-state index contributed by atoms with van der Waals surface area (Å²) in [4.78, 5) is 21.0. The van der Waals surface area contributed by atoms with E-state index in [2.05, 4.69) is 0 Å². The molecular weight excluding hydrogens is 184 g/mol. The predicted molar refractivity (Wildman–Crippen MR) is 49.7 cm³/mol. The molecule has 0 spiro atoms. The zero-order valence-electron chi connectivity index (χ0n) is 7.69. The van der Waals surface area contributed by atoms with Crippen LogP contribution in [0.1, 0.15) is 15.9 Å². The lowest BCUT2D eigenvalue weighted by Crippen LogP contribution is -2.01.